The highest BCUT2D eigenvalue weighted by molar-refractivity contribution is 5.93. The zero-order valence-corrected chi connectivity index (χ0v) is 16.6. The number of piperazine rings is 1. The van der Waals surface area contributed by atoms with E-state index in [1.807, 2.05) is 36.4 Å². The molecule has 1 N–H and O–H groups in total. The van der Waals surface area contributed by atoms with E-state index in [0.29, 0.717) is 0 Å². The van der Waals surface area contributed by atoms with Crippen LogP contribution in [0, 0.1) is 5.92 Å². The Morgan fingerprint density at radius 1 is 1.00 bits per heavy atom. The van der Waals surface area contributed by atoms with Crippen LogP contribution in [-0.2, 0) is 4.79 Å². The average molecular weight is 380 g/mol. The normalized spacial score (nSPS) is 18.8. The molecule has 0 atom stereocenters. The summed E-state index contributed by atoms with van der Waals surface area (Å²) in [7, 11) is 2.14. The minimum atomic E-state index is 0.147. The van der Waals surface area contributed by atoms with E-state index in [4.69, 9.17) is 0 Å². The number of hydrogen-bond acceptors (Lipinski definition) is 5. The van der Waals surface area contributed by atoms with Gasteiger partial charge in [-0.2, -0.15) is 0 Å². The summed E-state index contributed by atoms with van der Waals surface area (Å²) in [5.74, 6) is 1.23. The molecule has 6 heteroatoms. The molecule has 1 saturated heterocycles. The van der Waals surface area contributed by atoms with Gasteiger partial charge in [-0.05, 0) is 44.2 Å². The predicted molar refractivity (Wildman–Crippen MR) is 112 cm³/mol. The molecule has 1 amide bonds. The largest absolute Gasteiger partial charge is 0.353 e. The molecule has 6 nitrogen and oxygen atoms in total. The van der Waals surface area contributed by atoms with Gasteiger partial charge in [-0.1, -0.05) is 31.4 Å². The first-order valence-electron chi connectivity index (χ1n) is 10.4. The third-order valence-electron chi connectivity index (χ3n) is 5.88. The smallest absolute Gasteiger partial charge is 0.227 e. The van der Waals surface area contributed by atoms with E-state index in [1.165, 1.54) is 6.42 Å². The van der Waals surface area contributed by atoms with E-state index in [0.717, 1.165) is 74.6 Å². The van der Waals surface area contributed by atoms with Crippen LogP contribution in [0.4, 0.5) is 11.5 Å². The van der Waals surface area contributed by atoms with Crippen LogP contribution in [0.25, 0.3) is 11.3 Å². The first-order valence-corrected chi connectivity index (χ1v) is 10.4. The van der Waals surface area contributed by atoms with Gasteiger partial charge in [0.25, 0.3) is 0 Å². The lowest BCUT2D eigenvalue weighted by Gasteiger charge is -2.32. The molecule has 0 unspecified atom stereocenters. The van der Waals surface area contributed by atoms with Crippen molar-refractivity contribution in [2.45, 2.75) is 32.1 Å². The minimum absolute atomic E-state index is 0.147. The van der Waals surface area contributed by atoms with Crippen LogP contribution in [0.2, 0.25) is 0 Å². The maximum absolute atomic E-state index is 12.5. The number of nitrogens with one attached hydrogen (secondary N) is 1. The van der Waals surface area contributed by atoms with Crippen LogP contribution in [0.1, 0.15) is 32.1 Å². The van der Waals surface area contributed by atoms with E-state index in [2.05, 4.69) is 32.4 Å². The molecule has 2 heterocycles. The van der Waals surface area contributed by atoms with Crippen molar-refractivity contribution in [3.05, 3.63) is 36.4 Å². The highest BCUT2D eigenvalue weighted by Crippen LogP contribution is 2.26. The van der Waals surface area contributed by atoms with Crippen LogP contribution < -0.4 is 10.2 Å². The SMILES string of the molecule is CN1CCN(c2ccc(-c3cccc(NC(=O)C4CCCCC4)c3)nn2)CC1. The highest BCUT2D eigenvalue weighted by Gasteiger charge is 2.21. The Kier molecular flexibility index (Phi) is 5.86. The van der Waals surface area contributed by atoms with Crippen molar-refractivity contribution >= 4 is 17.4 Å². The average Bonchev–Trinajstić information content (AvgIpc) is 2.75. The molecule has 28 heavy (non-hydrogen) atoms. The van der Waals surface area contributed by atoms with Crippen molar-refractivity contribution < 1.29 is 4.79 Å². The molecule has 0 radical (unpaired) electrons. The fourth-order valence-electron chi connectivity index (χ4n) is 4.05. The molecule has 1 aromatic carbocycles. The van der Waals surface area contributed by atoms with Gasteiger partial charge >= 0.3 is 0 Å². The van der Waals surface area contributed by atoms with Gasteiger partial charge in [0, 0.05) is 43.3 Å². The molecule has 0 bridgehead atoms. The molecule has 148 valence electrons. The number of likely N-dealkylation sites (N-methyl/N-ethyl adjacent to an activating group) is 1. The van der Waals surface area contributed by atoms with Crippen molar-refractivity contribution in [1.82, 2.24) is 15.1 Å². The third-order valence-corrected chi connectivity index (χ3v) is 5.88. The fraction of sp³-hybridized carbons (Fsp3) is 0.500. The summed E-state index contributed by atoms with van der Waals surface area (Å²) in [6.07, 6.45) is 5.58. The number of aromatic nitrogens is 2. The lowest BCUT2D eigenvalue weighted by Crippen LogP contribution is -2.44. The summed E-state index contributed by atoms with van der Waals surface area (Å²) in [5, 5.41) is 12.0. The second-order valence-electron chi connectivity index (χ2n) is 7.97. The molecule has 1 aliphatic carbocycles. The third kappa shape index (κ3) is 4.50. The van der Waals surface area contributed by atoms with Crippen LogP contribution in [-0.4, -0.2) is 54.2 Å². The molecule has 1 aromatic heterocycles. The molecule has 4 rings (SSSR count). The summed E-state index contributed by atoms with van der Waals surface area (Å²) >= 11 is 0. The van der Waals surface area contributed by atoms with E-state index >= 15 is 0 Å². The monoisotopic (exact) mass is 379 g/mol. The van der Waals surface area contributed by atoms with Crippen molar-refractivity contribution in [1.29, 1.82) is 0 Å². The summed E-state index contributed by atoms with van der Waals surface area (Å²) in [6, 6.07) is 12.0. The van der Waals surface area contributed by atoms with Crippen LogP contribution >= 0.6 is 0 Å². The number of amides is 1. The first-order chi connectivity index (χ1) is 13.7. The topological polar surface area (TPSA) is 61.4 Å². The molecular formula is C22H29N5O. The van der Waals surface area contributed by atoms with E-state index in [-0.39, 0.29) is 11.8 Å². The van der Waals surface area contributed by atoms with Crippen molar-refractivity contribution in [3.63, 3.8) is 0 Å². The summed E-state index contributed by atoms with van der Waals surface area (Å²) in [6.45, 7) is 4.05. The fourth-order valence-corrected chi connectivity index (χ4v) is 4.05. The van der Waals surface area contributed by atoms with Crippen LogP contribution in [0.5, 0.6) is 0 Å². The zero-order valence-electron chi connectivity index (χ0n) is 16.6. The molecular weight excluding hydrogens is 350 g/mol. The van der Waals surface area contributed by atoms with E-state index < -0.39 is 0 Å². The Hall–Kier alpha value is -2.47. The van der Waals surface area contributed by atoms with Crippen molar-refractivity contribution in [3.8, 4) is 11.3 Å². The maximum atomic E-state index is 12.5. The summed E-state index contributed by atoms with van der Waals surface area (Å²) in [5.41, 5.74) is 2.63. The van der Waals surface area contributed by atoms with Crippen molar-refractivity contribution in [2.75, 3.05) is 43.4 Å². The van der Waals surface area contributed by atoms with Gasteiger partial charge < -0.3 is 15.1 Å². The number of benzene rings is 1. The van der Waals surface area contributed by atoms with Gasteiger partial charge in [0.05, 0.1) is 5.69 Å². The summed E-state index contributed by atoms with van der Waals surface area (Å²) < 4.78 is 0. The Balaban J connectivity index is 1.43. The minimum Gasteiger partial charge on any atom is -0.353 e. The highest BCUT2D eigenvalue weighted by atomic mass is 16.1. The first kappa shape index (κ1) is 18.9. The van der Waals surface area contributed by atoms with E-state index in [9.17, 15) is 4.79 Å². The van der Waals surface area contributed by atoms with Gasteiger partial charge in [0.1, 0.15) is 0 Å². The lowest BCUT2D eigenvalue weighted by molar-refractivity contribution is -0.120. The zero-order chi connectivity index (χ0) is 19.3. The van der Waals surface area contributed by atoms with Crippen LogP contribution in [0.15, 0.2) is 36.4 Å². The Morgan fingerprint density at radius 3 is 2.50 bits per heavy atom. The molecule has 1 saturated carbocycles. The second kappa shape index (κ2) is 8.69. The molecule has 2 aliphatic rings. The van der Waals surface area contributed by atoms with Gasteiger partial charge in [-0.3, -0.25) is 4.79 Å². The summed E-state index contributed by atoms with van der Waals surface area (Å²) in [4.78, 5) is 17.1. The molecule has 0 spiro atoms. The molecule has 2 fully saturated rings. The molecule has 1 aliphatic heterocycles. The Bertz CT molecular complexity index is 793. The van der Waals surface area contributed by atoms with Gasteiger partial charge in [0.2, 0.25) is 5.91 Å². The Morgan fingerprint density at radius 2 is 1.79 bits per heavy atom. The second-order valence-corrected chi connectivity index (χ2v) is 7.97. The standard InChI is InChI=1S/C22H29N5O/c1-26-12-14-27(15-13-26)21-11-10-20(24-25-21)18-8-5-9-19(16-18)23-22(28)17-6-3-2-4-7-17/h5,8-11,16-17H,2-4,6-7,12-15H2,1H3,(H,23,28). The van der Waals surface area contributed by atoms with Gasteiger partial charge in [0.15, 0.2) is 5.82 Å². The molecule has 2 aromatic rings. The van der Waals surface area contributed by atoms with Gasteiger partial charge in [-0.15, -0.1) is 10.2 Å². The Labute approximate surface area is 166 Å². The van der Waals surface area contributed by atoms with Gasteiger partial charge in [-0.25, -0.2) is 0 Å². The number of rotatable bonds is 4. The van der Waals surface area contributed by atoms with Crippen LogP contribution in [0.3, 0.4) is 0 Å². The van der Waals surface area contributed by atoms with E-state index in [1.54, 1.807) is 0 Å². The lowest BCUT2D eigenvalue weighted by atomic mass is 9.88. The number of carbonyl (C=O) groups is 1. The quantitative estimate of drug-likeness (QED) is 0.882. The maximum Gasteiger partial charge on any atom is 0.227 e. The number of anilines is 2. The van der Waals surface area contributed by atoms with Crippen molar-refractivity contribution in [2.24, 2.45) is 5.92 Å². The number of nitrogens with zero attached hydrogens (tertiary/aromatic N) is 4. The number of carbonyl (C=O) groups excluding carboxylic acids is 1. The predicted octanol–water partition coefficient (Wildman–Crippen LogP) is 3.41. The number of hydrogen-bond donors (Lipinski definition) is 1.